The molecule has 0 aromatic heterocycles. The first-order chi connectivity index (χ1) is 20.3. The van der Waals surface area contributed by atoms with Gasteiger partial charge in [0, 0.05) is 21.2 Å². The fourth-order valence-electron chi connectivity index (χ4n) is 8.55. The van der Waals surface area contributed by atoms with Gasteiger partial charge in [-0.25, -0.2) is 0 Å². The van der Waals surface area contributed by atoms with E-state index < -0.39 is 0 Å². The second-order valence-corrected chi connectivity index (χ2v) is 14.3. The van der Waals surface area contributed by atoms with Crippen LogP contribution in [0.25, 0.3) is 43.4 Å². The molecule has 0 spiro atoms. The Morgan fingerprint density at radius 2 is 1.10 bits per heavy atom. The molecule has 0 saturated carbocycles. The van der Waals surface area contributed by atoms with Crippen LogP contribution in [-0.4, -0.2) is 0 Å². The first-order valence-corrected chi connectivity index (χ1v) is 15.8. The van der Waals surface area contributed by atoms with Crippen LogP contribution in [0, 0.1) is 0 Å². The molecule has 7 aromatic carbocycles. The van der Waals surface area contributed by atoms with Gasteiger partial charge in [0.2, 0.25) is 0 Å². The normalized spacial score (nSPS) is 17.8. The maximum atomic E-state index is 3.84. The summed E-state index contributed by atoms with van der Waals surface area (Å²) < 4.78 is 1.15. The van der Waals surface area contributed by atoms with E-state index in [1.807, 2.05) is 0 Å². The van der Waals surface area contributed by atoms with Gasteiger partial charge in [-0.2, -0.15) is 0 Å². The standard InChI is InChI=1S/C41H31Br/c1-40(2)32-11-7-5-9-25(32)30-21-35-31(22-34(30)40)39(28-10-6-8-12-33(28)41(35,3)4)27-18-14-23-15-19-29-36(42)20-16-24-13-17-26(27)37(23)38(24)29/h5-22,39H,1-4H3. The second-order valence-electron chi connectivity index (χ2n) is 13.4. The topological polar surface area (TPSA) is 0 Å². The molecule has 0 aliphatic heterocycles. The summed E-state index contributed by atoms with van der Waals surface area (Å²) in [7, 11) is 0. The Bertz CT molecular complexity index is 2260. The minimum atomic E-state index is -0.103. The van der Waals surface area contributed by atoms with E-state index in [0.717, 1.165) is 4.47 Å². The summed E-state index contributed by atoms with van der Waals surface area (Å²) in [5, 5.41) is 7.98. The van der Waals surface area contributed by atoms with Gasteiger partial charge in [-0.1, -0.05) is 141 Å². The smallest absolute Gasteiger partial charge is 0.0352 e. The summed E-state index contributed by atoms with van der Waals surface area (Å²) in [6.45, 7) is 9.63. The molecule has 0 radical (unpaired) electrons. The Labute approximate surface area is 255 Å². The molecule has 202 valence electrons. The van der Waals surface area contributed by atoms with Crippen LogP contribution in [0.3, 0.4) is 0 Å². The van der Waals surface area contributed by atoms with Crippen LogP contribution in [0.1, 0.15) is 72.6 Å². The fraction of sp³-hybridized carbons (Fsp3) is 0.171. The molecule has 1 heteroatoms. The molecular weight excluding hydrogens is 572 g/mol. The van der Waals surface area contributed by atoms with Crippen LogP contribution in [-0.2, 0) is 10.8 Å². The number of rotatable bonds is 1. The average molecular weight is 604 g/mol. The van der Waals surface area contributed by atoms with Crippen molar-refractivity contribution in [3.05, 3.63) is 153 Å². The van der Waals surface area contributed by atoms with E-state index in [-0.39, 0.29) is 16.7 Å². The quantitative estimate of drug-likeness (QED) is 0.164. The molecule has 0 N–H and O–H groups in total. The minimum absolute atomic E-state index is 0.0401. The summed E-state index contributed by atoms with van der Waals surface area (Å²) in [5.74, 6) is 0.155. The van der Waals surface area contributed by atoms with Gasteiger partial charge < -0.3 is 0 Å². The van der Waals surface area contributed by atoms with Crippen LogP contribution in [0.2, 0.25) is 0 Å². The number of hydrogen-bond donors (Lipinski definition) is 0. The Balaban J connectivity index is 1.40. The van der Waals surface area contributed by atoms with Gasteiger partial charge in [0.15, 0.2) is 0 Å². The molecule has 0 nitrogen and oxygen atoms in total. The van der Waals surface area contributed by atoms with E-state index in [9.17, 15) is 0 Å². The second kappa shape index (κ2) is 8.12. The van der Waals surface area contributed by atoms with E-state index in [1.54, 1.807) is 0 Å². The molecule has 7 aromatic rings. The van der Waals surface area contributed by atoms with Gasteiger partial charge in [-0.05, 0) is 94.5 Å². The number of hydrogen-bond acceptors (Lipinski definition) is 0. The van der Waals surface area contributed by atoms with Gasteiger partial charge in [-0.15, -0.1) is 0 Å². The number of benzene rings is 7. The Morgan fingerprint density at radius 3 is 1.90 bits per heavy atom. The lowest BCUT2D eigenvalue weighted by Crippen LogP contribution is -2.30. The van der Waals surface area contributed by atoms with Gasteiger partial charge in [0.25, 0.3) is 0 Å². The molecule has 1 atom stereocenters. The van der Waals surface area contributed by atoms with Crippen LogP contribution in [0.4, 0.5) is 0 Å². The summed E-state index contributed by atoms with van der Waals surface area (Å²) in [6, 6.07) is 41.8. The Hall–Kier alpha value is -3.94. The lowest BCUT2D eigenvalue weighted by molar-refractivity contribution is 0.594. The van der Waals surface area contributed by atoms with Crippen LogP contribution in [0.5, 0.6) is 0 Å². The van der Waals surface area contributed by atoms with Gasteiger partial charge in [-0.3, -0.25) is 0 Å². The van der Waals surface area contributed by atoms with Crippen LogP contribution >= 0.6 is 15.9 Å². The maximum absolute atomic E-state index is 3.84. The van der Waals surface area contributed by atoms with E-state index >= 15 is 0 Å². The molecule has 0 fully saturated rings. The monoisotopic (exact) mass is 602 g/mol. The first-order valence-electron chi connectivity index (χ1n) is 15.0. The zero-order valence-corrected chi connectivity index (χ0v) is 25.9. The highest BCUT2D eigenvalue weighted by atomic mass is 79.9. The zero-order chi connectivity index (χ0) is 28.5. The Kier molecular flexibility index (Phi) is 4.76. The van der Waals surface area contributed by atoms with Crippen molar-refractivity contribution < 1.29 is 0 Å². The van der Waals surface area contributed by atoms with Crippen molar-refractivity contribution in [1.82, 2.24) is 0 Å². The van der Waals surface area contributed by atoms with Gasteiger partial charge >= 0.3 is 0 Å². The molecule has 0 heterocycles. The van der Waals surface area contributed by atoms with Crippen LogP contribution in [0.15, 0.2) is 114 Å². The molecule has 0 amide bonds. The van der Waals surface area contributed by atoms with Crippen molar-refractivity contribution in [2.24, 2.45) is 0 Å². The molecule has 0 saturated heterocycles. The minimum Gasteiger partial charge on any atom is -0.0619 e. The molecular formula is C41H31Br. The largest absolute Gasteiger partial charge is 0.0619 e. The van der Waals surface area contributed by atoms with Crippen molar-refractivity contribution in [3.8, 4) is 11.1 Å². The fourth-order valence-corrected chi connectivity index (χ4v) is 9.01. The summed E-state index contributed by atoms with van der Waals surface area (Å²) in [5.41, 5.74) is 12.7. The van der Waals surface area contributed by atoms with Crippen molar-refractivity contribution in [2.75, 3.05) is 0 Å². The average Bonchev–Trinajstić information content (AvgIpc) is 3.23. The summed E-state index contributed by atoms with van der Waals surface area (Å²) in [6.07, 6.45) is 0. The van der Waals surface area contributed by atoms with Gasteiger partial charge in [0.05, 0.1) is 0 Å². The van der Waals surface area contributed by atoms with Crippen molar-refractivity contribution in [3.63, 3.8) is 0 Å². The maximum Gasteiger partial charge on any atom is 0.0352 e. The lowest BCUT2D eigenvalue weighted by atomic mass is 9.62. The molecule has 42 heavy (non-hydrogen) atoms. The molecule has 0 bridgehead atoms. The van der Waals surface area contributed by atoms with Crippen LogP contribution < -0.4 is 0 Å². The van der Waals surface area contributed by atoms with E-state index in [1.165, 1.54) is 82.4 Å². The third-order valence-electron chi connectivity index (χ3n) is 10.6. The van der Waals surface area contributed by atoms with Gasteiger partial charge in [0.1, 0.15) is 0 Å². The number of halogens is 1. The van der Waals surface area contributed by atoms with Crippen molar-refractivity contribution in [2.45, 2.75) is 44.4 Å². The highest BCUT2D eigenvalue weighted by Crippen LogP contribution is 2.56. The Morgan fingerprint density at radius 1 is 0.476 bits per heavy atom. The highest BCUT2D eigenvalue weighted by Gasteiger charge is 2.43. The third-order valence-corrected chi connectivity index (χ3v) is 11.3. The predicted molar refractivity (Wildman–Crippen MR) is 181 cm³/mol. The van der Waals surface area contributed by atoms with E-state index in [4.69, 9.17) is 0 Å². The SMILES string of the molecule is CC1(C)c2ccccc2-c2cc3c(cc21)C(c1ccc2ccc4c(Br)ccc5ccc1c2c54)c1ccccc1C3(C)C. The zero-order valence-electron chi connectivity index (χ0n) is 24.3. The molecule has 2 aliphatic rings. The summed E-state index contributed by atoms with van der Waals surface area (Å²) >= 11 is 3.84. The third kappa shape index (κ3) is 2.98. The highest BCUT2D eigenvalue weighted by molar-refractivity contribution is 9.10. The predicted octanol–water partition coefficient (Wildman–Crippen LogP) is 11.5. The molecule has 9 rings (SSSR count). The molecule has 1 unspecified atom stereocenters. The van der Waals surface area contributed by atoms with E-state index in [2.05, 4.69) is 153 Å². The first kappa shape index (κ1) is 24.6. The van der Waals surface area contributed by atoms with Crippen molar-refractivity contribution in [1.29, 1.82) is 0 Å². The van der Waals surface area contributed by atoms with E-state index in [0.29, 0.717) is 0 Å². The lowest BCUT2D eigenvalue weighted by Gasteiger charge is -2.41. The molecule has 2 aliphatic carbocycles. The van der Waals surface area contributed by atoms with Crippen molar-refractivity contribution >= 4 is 48.2 Å². The summed E-state index contributed by atoms with van der Waals surface area (Å²) in [4.78, 5) is 0. The number of fused-ring (bicyclic) bond motifs is 5.